The Kier molecular flexibility index (Phi) is 5.38. The highest BCUT2D eigenvalue weighted by atomic mass is 35.5. The molecule has 0 spiro atoms. The average molecular weight is 290 g/mol. The molecule has 0 bridgehead atoms. The summed E-state index contributed by atoms with van der Waals surface area (Å²) in [5.74, 6) is 0. The molecule has 2 atom stereocenters. The predicted octanol–water partition coefficient (Wildman–Crippen LogP) is 2.17. The third-order valence-corrected chi connectivity index (χ3v) is 4.31. The van der Waals surface area contributed by atoms with E-state index in [0.29, 0.717) is 0 Å². The molecule has 0 amide bonds. The Morgan fingerprint density at radius 3 is 3.11 bits per heavy atom. The molecule has 2 unspecified atom stereocenters. The van der Waals surface area contributed by atoms with E-state index in [0.717, 1.165) is 42.0 Å². The van der Waals surface area contributed by atoms with Crippen LogP contribution < -0.4 is 5.32 Å². The molecule has 4 nitrogen and oxygen atoms in total. The van der Waals surface area contributed by atoms with Gasteiger partial charge in [-0.25, -0.2) is 4.98 Å². The standard InChI is InChI=1S/C12H20ClN3OS/c1-3-4-16-5-6-17-9(7-14-2)11(16)12-15-8-10(13)18-12/h8-9,11,14H,3-7H2,1-2H3. The van der Waals surface area contributed by atoms with Crippen LogP contribution in [0.5, 0.6) is 0 Å². The number of nitrogens with zero attached hydrogens (tertiary/aromatic N) is 2. The maximum Gasteiger partial charge on any atom is 0.114 e. The Hall–Kier alpha value is -0.200. The highest BCUT2D eigenvalue weighted by Gasteiger charge is 2.34. The normalized spacial score (nSPS) is 25.5. The fourth-order valence-electron chi connectivity index (χ4n) is 2.42. The molecule has 0 radical (unpaired) electrons. The molecule has 1 aliphatic heterocycles. The maximum absolute atomic E-state index is 6.01. The van der Waals surface area contributed by atoms with Crippen LogP contribution in [0.25, 0.3) is 0 Å². The lowest BCUT2D eigenvalue weighted by molar-refractivity contribution is -0.0704. The number of halogens is 1. The molecule has 1 fully saturated rings. The zero-order valence-electron chi connectivity index (χ0n) is 10.9. The fraction of sp³-hybridized carbons (Fsp3) is 0.750. The first-order valence-corrected chi connectivity index (χ1v) is 7.57. The molecule has 1 aromatic heterocycles. The van der Waals surface area contributed by atoms with Gasteiger partial charge in [0.05, 0.1) is 24.9 Å². The van der Waals surface area contributed by atoms with Crippen LogP contribution in [-0.2, 0) is 4.74 Å². The molecule has 0 aliphatic carbocycles. The summed E-state index contributed by atoms with van der Waals surface area (Å²) in [5.41, 5.74) is 0. The van der Waals surface area contributed by atoms with Crippen molar-refractivity contribution < 1.29 is 4.74 Å². The predicted molar refractivity (Wildman–Crippen MR) is 75.4 cm³/mol. The van der Waals surface area contributed by atoms with Crippen LogP contribution in [0.3, 0.4) is 0 Å². The van der Waals surface area contributed by atoms with E-state index in [-0.39, 0.29) is 12.1 Å². The van der Waals surface area contributed by atoms with Gasteiger partial charge in [0.15, 0.2) is 0 Å². The monoisotopic (exact) mass is 289 g/mol. The van der Waals surface area contributed by atoms with Crippen LogP contribution in [0.15, 0.2) is 6.20 Å². The Balaban J connectivity index is 2.20. The zero-order chi connectivity index (χ0) is 13.0. The lowest BCUT2D eigenvalue weighted by atomic mass is 10.1. The Morgan fingerprint density at radius 2 is 2.50 bits per heavy atom. The van der Waals surface area contributed by atoms with E-state index in [1.807, 2.05) is 7.05 Å². The summed E-state index contributed by atoms with van der Waals surface area (Å²) in [7, 11) is 1.95. The van der Waals surface area contributed by atoms with Gasteiger partial charge in [-0.3, -0.25) is 4.90 Å². The van der Waals surface area contributed by atoms with Gasteiger partial charge in [0.2, 0.25) is 0 Å². The van der Waals surface area contributed by atoms with E-state index in [1.165, 1.54) is 0 Å². The van der Waals surface area contributed by atoms with Crippen LogP contribution >= 0.6 is 22.9 Å². The van der Waals surface area contributed by atoms with Crippen LogP contribution in [0.4, 0.5) is 0 Å². The molecule has 18 heavy (non-hydrogen) atoms. The number of rotatable bonds is 5. The molecular formula is C12H20ClN3OS. The smallest absolute Gasteiger partial charge is 0.114 e. The van der Waals surface area contributed by atoms with E-state index < -0.39 is 0 Å². The minimum atomic E-state index is 0.150. The fourth-order valence-corrected chi connectivity index (χ4v) is 3.53. The highest BCUT2D eigenvalue weighted by Crippen LogP contribution is 2.33. The lowest BCUT2D eigenvalue weighted by Crippen LogP contribution is -2.48. The van der Waals surface area contributed by atoms with Crippen molar-refractivity contribution in [2.45, 2.75) is 25.5 Å². The van der Waals surface area contributed by atoms with Gasteiger partial charge < -0.3 is 10.1 Å². The SMILES string of the molecule is CCCN1CCOC(CNC)C1c1ncc(Cl)s1. The van der Waals surface area contributed by atoms with Crippen molar-refractivity contribution in [2.24, 2.45) is 0 Å². The van der Waals surface area contributed by atoms with E-state index in [2.05, 4.69) is 22.1 Å². The van der Waals surface area contributed by atoms with Gasteiger partial charge in [0, 0.05) is 13.1 Å². The largest absolute Gasteiger partial charge is 0.373 e. The molecule has 2 rings (SSSR count). The zero-order valence-corrected chi connectivity index (χ0v) is 12.4. The quantitative estimate of drug-likeness (QED) is 0.901. The van der Waals surface area contributed by atoms with Gasteiger partial charge >= 0.3 is 0 Å². The van der Waals surface area contributed by atoms with Gasteiger partial charge in [0.1, 0.15) is 9.34 Å². The van der Waals surface area contributed by atoms with Crippen molar-refractivity contribution >= 4 is 22.9 Å². The lowest BCUT2D eigenvalue weighted by Gasteiger charge is -2.40. The first kappa shape index (κ1) is 14.2. The number of likely N-dealkylation sites (N-methyl/N-ethyl adjacent to an activating group) is 1. The summed E-state index contributed by atoms with van der Waals surface area (Å²) < 4.78 is 6.64. The molecule has 2 heterocycles. The van der Waals surface area contributed by atoms with Crippen molar-refractivity contribution in [1.82, 2.24) is 15.2 Å². The molecule has 1 saturated heterocycles. The molecule has 1 aliphatic rings. The minimum Gasteiger partial charge on any atom is -0.373 e. The molecule has 102 valence electrons. The van der Waals surface area contributed by atoms with Crippen molar-refractivity contribution in [3.8, 4) is 0 Å². The number of hydrogen-bond acceptors (Lipinski definition) is 5. The Morgan fingerprint density at radius 1 is 1.67 bits per heavy atom. The number of thiazole rings is 1. The van der Waals surface area contributed by atoms with E-state index in [1.54, 1.807) is 17.5 Å². The second-order valence-electron chi connectivity index (χ2n) is 4.45. The van der Waals surface area contributed by atoms with E-state index in [9.17, 15) is 0 Å². The minimum absolute atomic E-state index is 0.150. The number of ether oxygens (including phenoxy) is 1. The number of hydrogen-bond donors (Lipinski definition) is 1. The molecule has 0 aromatic carbocycles. The number of nitrogens with one attached hydrogen (secondary N) is 1. The second-order valence-corrected chi connectivity index (χ2v) is 6.14. The van der Waals surface area contributed by atoms with Crippen LogP contribution in [-0.4, -0.2) is 49.3 Å². The summed E-state index contributed by atoms with van der Waals surface area (Å²) in [6.07, 6.45) is 3.02. The van der Waals surface area contributed by atoms with Crippen molar-refractivity contribution in [3.05, 3.63) is 15.5 Å². The number of aromatic nitrogens is 1. The maximum atomic E-state index is 6.01. The van der Waals surface area contributed by atoms with Crippen molar-refractivity contribution in [1.29, 1.82) is 0 Å². The highest BCUT2D eigenvalue weighted by molar-refractivity contribution is 7.15. The molecule has 6 heteroatoms. The topological polar surface area (TPSA) is 37.4 Å². The third kappa shape index (κ3) is 3.22. The Labute approximate surface area is 117 Å². The average Bonchev–Trinajstić information content (AvgIpc) is 2.77. The van der Waals surface area contributed by atoms with Crippen LogP contribution in [0, 0.1) is 0 Å². The van der Waals surface area contributed by atoms with Gasteiger partial charge in [-0.2, -0.15) is 0 Å². The van der Waals surface area contributed by atoms with Crippen molar-refractivity contribution in [3.63, 3.8) is 0 Å². The second kappa shape index (κ2) is 6.82. The summed E-state index contributed by atoms with van der Waals surface area (Å²) in [4.78, 5) is 6.90. The molecule has 1 N–H and O–H groups in total. The van der Waals surface area contributed by atoms with E-state index >= 15 is 0 Å². The summed E-state index contributed by atoms with van der Waals surface area (Å²) >= 11 is 7.57. The van der Waals surface area contributed by atoms with E-state index in [4.69, 9.17) is 16.3 Å². The summed E-state index contributed by atoms with van der Waals surface area (Å²) in [6, 6.07) is 0.226. The van der Waals surface area contributed by atoms with Crippen LogP contribution in [0.2, 0.25) is 4.34 Å². The molecule has 0 saturated carbocycles. The van der Waals surface area contributed by atoms with Gasteiger partial charge in [-0.15, -0.1) is 11.3 Å². The number of morpholine rings is 1. The van der Waals surface area contributed by atoms with Gasteiger partial charge in [-0.1, -0.05) is 18.5 Å². The van der Waals surface area contributed by atoms with Gasteiger partial charge in [0.25, 0.3) is 0 Å². The van der Waals surface area contributed by atoms with Crippen molar-refractivity contribution in [2.75, 3.05) is 33.3 Å². The summed E-state index contributed by atoms with van der Waals surface area (Å²) in [5, 5.41) is 4.26. The van der Waals surface area contributed by atoms with Gasteiger partial charge in [-0.05, 0) is 20.0 Å². The first-order chi connectivity index (χ1) is 8.76. The summed E-state index contributed by atoms with van der Waals surface area (Å²) in [6.45, 7) is 5.87. The Bertz CT molecular complexity index is 356. The third-order valence-electron chi connectivity index (χ3n) is 3.12. The molecular weight excluding hydrogens is 270 g/mol. The molecule has 1 aromatic rings. The first-order valence-electron chi connectivity index (χ1n) is 6.37. The van der Waals surface area contributed by atoms with Crippen LogP contribution in [0.1, 0.15) is 24.4 Å².